The van der Waals surface area contributed by atoms with E-state index in [-0.39, 0.29) is 11.8 Å². The van der Waals surface area contributed by atoms with Crippen LogP contribution in [0.25, 0.3) is 0 Å². The number of aliphatic hydroxyl groups excluding tert-OH is 1. The third kappa shape index (κ3) is 5.85. The minimum atomic E-state index is -0.408. The second kappa shape index (κ2) is 9.33. The normalized spacial score (nSPS) is 17.5. The van der Waals surface area contributed by atoms with Crippen LogP contribution in [0.4, 0.5) is 0 Å². The van der Waals surface area contributed by atoms with E-state index in [1.165, 1.54) is 6.42 Å². The highest BCUT2D eigenvalue weighted by molar-refractivity contribution is 7.99. The lowest BCUT2D eigenvalue weighted by atomic mass is 9.87. The second-order valence-electron chi connectivity index (χ2n) is 6.81. The molecule has 1 aromatic carbocycles. The van der Waals surface area contributed by atoms with E-state index in [4.69, 9.17) is 0 Å². The molecule has 0 aromatic heterocycles. The summed E-state index contributed by atoms with van der Waals surface area (Å²) in [7, 11) is 0. The zero-order valence-corrected chi connectivity index (χ0v) is 15.1. The SMILES string of the molecule is CC(C)CCSCC(=O)N1CCC(C(O)c2ccccc2)CC1. The Morgan fingerprint density at radius 1 is 1.26 bits per heavy atom. The first-order valence-corrected chi connectivity index (χ1v) is 9.82. The Labute approximate surface area is 144 Å². The first-order valence-electron chi connectivity index (χ1n) is 8.66. The maximum atomic E-state index is 12.2. The molecule has 0 radical (unpaired) electrons. The molecule has 3 nitrogen and oxygen atoms in total. The summed E-state index contributed by atoms with van der Waals surface area (Å²) >= 11 is 1.75. The summed E-state index contributed by atoms with van der Waals surface area (Å²) in [6.07, 6.45) is 2.54. The topological polar surface area (TPSA) is 40.5 Å². The molecule has 1 heterocycles. The van der Waals surface area contributed by atoms with Crippen LogP contribution in [0.15, 0.2) is 30.3 Å². The summed E-state index contributed by atoms with van der Waals surface area (Å²) < 4.78 is 0. The average molecular weight is 336 g/mol. The molecule has 1 aliphatic heterocycles. The van der Waals surface area contributed by atoms with E-state index in [1.54, 1.807) is 11.8 Å². The van der Waals surface area contributed by atoms with Gasteiger partial charge in [-0.3, -0.25) is 4.79 Å². The van der Waals surface area contributed by atoms with E-state index in [2.05, 4.69) is 13.8 Å². The zero-order valence-electron chi connectivity index (χ0n) is 14.3. The Hall–Kier alpha value is -1.00. The summed E-state index contributed by atoms with van der Waals surface area (Å²) in [5, 5.41) is 10.5. The molecule has 0 spiro atoms. The van der Waals surface area contributed by atoms with Crippen molar-refractivity contribution >= 4 is 17.7 Å². The van der Waals surface area contributed by atoms with Crippen molar-refractivity contribution < 1.29 is 9.90 Å². The number of thioether (sulfide) groups is 1. The lowest BCUT2D eigenvalue weighted by molar-refractivity contribution is -0.130. The molecule has 2 rings (SSSR count). The highest BCUT2D eigenvalue weighted by atomic mass is 32.2. The summed E-state index contributed by atoms with van der Waals surface area (Å²) in [6, 6.07) is 9.85. The van der Waals surface area contributed by atoms with Crippen LogP contribution in [-0.2, 0) is 4.79 Å². The molecule has 1 amide bonds. The van der Waals surface area contributed by atoms with E-state index in [0.717, 1.165) is 37.2 Å². The monoisotopic (exact) mass is 335 g/mol. The molecular formula is C19H29NO2S. The number of nitrogens with zero attached hydrogens (tertiary/aromatic N) is 1. The summed E-state index contributed by atoms with van der Waals surface area (Å²) in [4.78, 5) is 14.2. The van der Waals surface area contributed by atoms with E-state index in [1.807, 2.05) is 35.2 Å². The second-order valence-corrected chi connectivity index (χ2v) is 7.91. The molecule has 0 saturated carbocycles. The standard InChI is InChI=1S/C19H29NO2S/c1-15(2)10-13-23-14-18(21)20-11-8-17(9-12-20)19(22)16-6-4-3-5-7-16/h3-7,15,17,19,22H,8-14H2,1-2H3. The highest BCUT2D eigenvalue weighted by Crippen LogP contribution is 2.30. The first-order chi connectivity index (χ1) is 11.1. The molecule has 1 atom stereocenters. The van der Waals surface area contributed by atoms with Crippen LogP contribution < -0.4 is 0 Å². The molecular weight excluding hydrogens is 306 g/mol. The van der Waals surface area contributed by atoms with Crippen molar-refractivity contribution in [3.8, 4) is 0 Å². The minimum Gasteiger partial charge on any atom is -0.388 e. The average Bonchev–Trinajstić information content (AvgIpc) is 2.58. The molecule has 0 aliphatic carbocycles. The van der Waals surface area contributed by atoms with Crippen molar-refractivity contribution in [2.24, 2.45) is 11.8 Å². The van der Waals surface area contributed by atoms with Crippen molar-refractivity contribution in [2.45, 2.75) is 39.2 Å². The van der Waals surface area contributed by atoms with Crippen molar-refractivity contribution in [3.63, 3.8) is 0 Å². The number of aliphatic hydroxyl groups is 1. The maximum Gasteiger partial charge on any atom is 0.232 e. The van der Waals surface area contributed by atoms with Gasteiger partial charge in [0, 0.05) is 13.1 Å². The Morgan fingerprint density at radius 3 is 2.52 bits per heavy atom. The molecule has 4 heteroatoms. The Morgan fingerprint density at radius 2 is 1.91 bits per heavy atom. The maximum absolute atomic E-state index is 12.2. The lowest BCUT2D eigenvalue weighted by Gasteiger charge is -2.34. The highest BCUT2D eigenvalue weighted by Gasteiger charge is 2.27. The van der Waals surface area contributed by atoms with E-state index < -0.39 is 6.10 Å². The van der Waals surface area contributed by atoms with Gasteiger partial charge >= 0.3 is 0 Å². The number of hydrogen-bond acceptors (Lipinski definition) is 3. The Kier molecular flexibility index (Phi) is 7.44. The van der Waals surface area contributed by atoms with Gasteiger partial charge in [0.1, 0.15) is 0 Å². The summed E-state index contributed by atoms with van der Waals surface area (Å²) in [5.41, 5.74) is 0.988. The van der Waals surface area contributed by atoms with Crippen molar-refractivity contribution in [3.05, 3.63) is 35.9 Å². The number of benzene rings is 1. The lowest BCUT2D eigenvalue weighted by Crippen LogP contribution is -2.40. The Balaban J connectivity index is 1.72. The summed E-state index contributed by atoms with van der Waals surface area (Å²) in [5.74, 6) is 2.87. The molecule has 1 saturated heterocycles. The van der Waals surface area contributed by atoms with Crippen LogP contribution in [0, 0.1) is 11.8 Å². The van der Waals surface area contributed by atoms with E-state index in [9.17, 15) is 9.90 Å². The minimum absolute atomic E-state index is 0.256. The van der Waals surface area contributed by atoms with Crippen LogP contribution in [0.3, 0.4) is 0 Å². The predicted molar refractivity (Wildman–Crippen MR) is 97.5 cm³/mol. The van der Waals surface area contributed by atoms with Crippen molar-refractivity contribution in [1.29, 1.82) is 0 Å². The molecule has 23 heavy (non-hydrogen) atoms. The van der Waals surface area contributed by atoms with E-state index in [0.29, 0.717) is 11.7 Å². The van der Waals surface area contributed by atoms with Gasteiger partial charge in [0.2, 0.25) is 5.91 Å². The fraction of sp³-hybridized carbons (Fsp3) is 0.632. The van der Waals surface area contributed by atoms with Gasteiger partial charge in [-0.1, -0.05) is 44.2 Å². The predicted octanol–water partition coefficient (Wildman–Crippen LogP) is 3.74. The number of piperidine rings is 1. The van der Waals surface area contributed by atoms with Crippen LogP contribution in [-0.4, -0.2) is 40.5 Å². The van der Waals surface area contributed by atoms with Gasteiger partial charge in [0.25, 0.3) is 0 Å². The van der Waals surface area contributed by atoms with Gasteiger partial charge in [-0.15, -0.1) is 0 Å². The molecule has 1 N–H and O–H groups in total. The molecule has 1 unspecified atom stereocenters. The third-order valence-corrected chi connectivity index (χ3v) is 5.52. The fourth-order valence-corrected chi connectivity index (χ4v) is 4.10. The van der Waals surface area contributed by atoms with Crippen LogP contribution >= 0.6 is 11.8 Å². The van der Waals surface area contributed by atoms with Gasteiger partial charge < -0.3 is 10.0 Å². The molecule has 1 aromatic rings. The zero-order chi connectivity index (χ0) is 16.7. The van der Waals surface area contributed by atoms with Gasteiger partial charge in [-0.05, 0) is 42.4 Å². The van der Waals surface area contributed by atoms with Crippen molar-refractivity contribution in [1.82, 2.24) is 4.90 Å². The molecule has 1 aliphatic rings. The third-order valence-electron chi connectivity index (χ3n) is 4.55. The van der Waals surface area contributed by atoms with Gasteiger partial charge in [0.15, 0.2) is 0 Å². The van der Waals surface area contributed by atoms with Crippen LogP contribution in [0.2, 0.25) is 0 Å². The Bertz CT molecular complexity index is 470. The summed E-state index contributed by atoms with van der Waals surface area (Å²) in [6.45, 7) is 5.98. The quantitative estimate of drug-likeness (QED) is 0.772. The molecule has 128 valence electrons. The fourth-order valence-electron chi connectivity index (χ4n) is 2.96. The smallest absolute Gasteiger partial charge is 0.232 e. The number of carbonyl (C=O) groups excluding carboxylic acids is 1. The van der Waals surface area contributed by atoms with Crippen LogP contribution in [0.5, 0.6) is 0 Å². The van der Waals surface area contributed by atoms with Gasteiger partial charge in [-0.2, -0.15) is 11.8 Å². The van der Waals surface area contributed by atoms with Gasteiger partial charge in [-0.25, -0.2) is 0 Å². The van der Waals surface area contributed by atoms with E-state index >= 15 is 0 Å². The number of carbonyl (C=O) groups is 1. The van der Waals surface area contributed by atoms with Crippen LogP contribution in [0.1, 0.15) is 44.8 Å². The first kappa shape index (κ1) is 18.3. The number of rotatable bonds is 7. The molecule has 0 bridgehead atoms. The molecule has 1 fully saturated rings. The number of amides is 1. The van der Waals surface area contributed by atoms with Gasteiger partial charge in [0.05, 0.1) is 11.9 Å². The number of likely N-dealkylation sites (tertiary alicyclic amines) is 1. The van der Waals surface area contributed by atoms with Crippen molar-refractivity contribution in [2.75, 3.05) is 24.6 Å². The largest absolute Gasteiger partial charge is 0.388 e. The number of hydrogen-bond donors (Lipinski definition) is 1.